The third-order valence-electron chi connectivity index (χ3n) is 4.08. The molecule has 6 nitrogen and oxygen atoms in total. The SMILES string of the molecule is NS(=O)(=O)CC1CCN(c2ccnc(-c3ccccc3)n2)CC1. The highest BCUT2D eigenvalue weighted by atomic mass is 32.2. The van der Waals surface area contributed by atoms with E-state index in [1.807, 2.05) is 36.4 Å². The van der Waals surface area contributed by atoms with E-state index < -0.39 is 10.0 Å². The molecule has 1 fully saturated rings. The summed E-state index contributed by atoms with van der Waals surface area (Å²) in [6, 6.07) is 11.7. The predicted molar refractivity (Wildman–Crippen MR) is 90.4 cm³/mol. The monoisotopic (exact) mass is 332 g/mol. The molecule has 122 valence electrons. The minimum atomic E-state index is -3.39. The summed E-state index contributed by atoms with van der Waals surface area (Å²) < 4.78 is 22.4. The van der Waals surface area contributed by atoms with Gasteiger partial charge in [0, 0.05) is 24.8 Å². The lowest BCUT2D eigenvalue weighted by Crippen LogP contribution is -2.37. The van der Waals surface area contributed by atoms with Crippen LogP contribution in [0.3, 0.4) is 0 Å². The zero-order valence-corrected chi connectivity index (χ0v) is 13.6. The minimum Gasteiger partial charge on any atom is -0.356 e. The van der Waals surface area contributed by atoms with Crippen LogP contribution in [0.15, 0.2) is 42.6 Å². The van der Waals surface area contributed by atoms with Gasteiger partial charge in [0.2, 0.25) is 10.0 Å². The Kier molecular flexibility index (Phi) is 4.58. The van der Waals surface area contributed by atoms with Crippen LogP contribution < -0.4 is 10.0 Å². The Labute approximate surface area is 136 Å². The van der Waals surface area contributed by atoms with Crippen molar-refractivity contribution in [3.63, 3.8) is 0 Å². The van der Waals surface area contributed by atoms with E-state index >= 15 is 0 Å². The molecular formula is C16H20N4O2S. The van der Waals surface area contributed by atoms with E-state index in [2.05, 4.69) is 14.9 Å². The van der Waals surface area contributed by atoms with Gasteiger partial charge in [0.05, 0.1) is 5.75 Å². The highest BCUT2D eigenvalue weighted by molar-refractivity contribution is 7.89. The summed E-state index contributed by atoms with van der Waals surface area (Å²) in [7, 11) is -3.39. The van der Waals surface area contributed by atoms with E-state index in [4.69, 9.17) is 5.14 Å². The molecule has 0 atom stereocenters. The minimum absolute atomic E-state index is 0.0693. The second kappa shape index (κ2) is 6.64. The maximum atomic E-state index is 11.2. The summed E-state index contributed by atoms with van der Waals surface area (Å²) in [6.45, 7) is 1.57. The Hall–Kier alpha value is -1.99. The Balaban J connectivity index is 1.69. The summed E-state index contributed by atoms with van der Waals surface area (Å²) >= 11 is 0. The average Bonchev–Trinajstić information content (AvgIpc) is 2.55. The first kappa shape index (κ1) is 15.9. The zero-order chi connectivity index (χ0) is 16.3. The number of nitrogens with zero attached hydrogens (tertiary/aromatic N) is 3. The van der Waals surface area contributed by atoms with E-state index in [1.165, 1.54) is 0 Å². The smallest absolute Gasteiger partial charge is 0.209 e. The van der Waals surface area contributed by atoms with E-state index in [0.717, 1.165) is 37.3 Å². The fraction of sp³-hybridized carbons (Fsp3) is 0.375. The molecule has 1 aliphatic rings. The van der Waals surface area contributed by atoms with Crippen LogP contribution in [0.25, 0.3) is 11.4 Å². The molecule has 1 aromatic carbocycles. The lowest BCUT2D eigenvalue weighted by molar-refractivity contribution is 0.434. The molecular weight excluding hydrogens is 312 g/mol. The van der Waals surface area contributed by atoms with Crippen LogP contribution >= 0.6 is 0 Å². The molecule has 0 saturated carbocycles. The van der Waals surface area contributed by atoms with Gasteiger partial charge in [-0.3, -0.25) is 0 Å². The van der Waals surface area contributed by atoms with Crippen molar-refractivity contribution < 1.29 is 8.42 Å². The highest BCUT2D eigenvalue weighted by Gasteiger charge is 2.23. The fourth-order valence-electron chi connectivity index (χ4n) is 2.91. The van der Waals surface area contributed by atoms with Gasteiger partial charge in [-0.15, -0.1) is 0 Å². The van der Waals surface area contributed by atoms with Crippen LogP contribution in [0, 0.1) is 5.92 Å². The number of sulfonamides is 1. The molecule has 0 radical (unpaired) electrons. The number of hydrogen-bond acceptors (Lipinski definition) is 5. The largest absolute Gasteiger partial charge is 0.356 e. The average molecular weight is 332 g/mol. The second-order valence-corrected chi connectivity index (χ2v) is 7.52. The molecule has 2 aromatic rings. The number of hydrogen-bond donors (Lipinski definition) is 1. The third-order valence-corrected chi connectivity index (χ3v) is 5.02. The van der Waals surface area contributed by atoms with Gasteiger partial charge < -0.3 is 4.90 Å². The highest BCUT2D eigenvalue weighted by Crippen LogP contribution is 2.24. The van der Waals surface area contributed by atoms with Crippen LogP contribution in [-0.2, 0) is 10.0 Å². The second-order valence-electron chi connectivity index (χ2n) is 5.86. The van der Waals surface area contributed by atoms with E-state index in [9.17, 15) is 8.42 Å². The van der Waals surface area contributed by atoms with Crippen molar-refractivity contribution in [2.45, 2.75) is 12.8 Å². The first-order valence-corrected chi connectivity index (χ1v) is 9.37. The van der Waals surface area contributed by atoms with Crippen molar-refractivity contribution in [3.8, 4) is 11.4 Å². The van der Waals surface area contributed by atoms with Gasteiger partial charge in [-0.1, -0.05) is 30.3 Å². The van der Waals surface area contributed by atoms with Gasteiger partial charge in [-0.25, -0.2) is 23.5 Å². The molecule has 3 rings (SSSR count). The molecule has 2 heterocycles. The fourth-order valence-corrected chi connectivity index (χ4v) is 3.90. The van der Waals surface area contributed by atoms with Crippen LogP contribution in [0.2, 0.25) is 0 Å². The number of nitrogens with two attached hydrogens (primary N) is 1. The van der Waals surface area contributed by atoms with Crippen molar-refractivity contribution in [3.05, 3.63) is 42.6 Å². The number of anilines is 1. The van der Waals surface area contributed by atoms with Gasteiger partial charge in [0.1, 0.15) is 5.82 Å². The molecule has 0 bridgehead atoms. The maximum Gasteiger partial charge on any atom is 0.209 e. The molecule has 0 aliphatic carbocycles. The van der Waals surface area contributed by atoms with Crippen molar-refractivity contribution in [2.24, 2.45) is 11.1 Å². The van der Waals surface area contributed by atoms with Gasteiger partial charge >= 0.3 is 0 Å². The summed E-state index contributed by atoms with van der Waals surface area (Å²) in [6.07, 6.45) is 3.38. The summed E-state index contributed by atoms with van der Waals surface area (Å²) in [5.74, 6) is 1.79. The molecule has 23 heavy (non-hydrogen) atoms. The van der Waals surface area contributed by atoms with Crippen LogP contribution in [0.1, 0.15) is 12.8 Å². The van der Waals surface area contributed by atoms with Gasteiger partial charge in [0.15, 0.2) is 5.82 Å². The molecule has 1 aromatic heterocycles. The van der Waals surface area contributed by atoms with Crippen molar-refractivity contribution in [1.82, 2.24) is 9.97 Å². The number of primary sulfonamides is 1. The summed E-state index contributed by atoms with van der Waals surface area (Å²) in [5, 5.41) is 5.13. The van der Waals surface area contributed by atoms with Crippen molar-refractivity contribution in [1.29, 1.82) is 0 Å². The summed E-state index contributed by atoms with van der Waals surface area (Å²) in [5.41, 5.74) is 0.985. The topological polar surface area (TPSA) is 89.2 Å². The first-order valence-electron chi connectivity index (χ1n) is 7.65. The first-order chi connectivity index (χ1) is 11.0. The summed E-state index contributed by atoms with van der Waals surface area (Å²) in [4.78, 5) is 11.1. The van der Waals surface area contributed by atoms with Gasteiger partial charge in [-0.05, 0) is 24.8 Å². The zero-order valence-electron chi connectivity index (χ0n) is 12.8. The Morgan fingerprint density at radius 1 is 1.13 bits per heavy atom. The lowest BCUT2D eigenvalue weighted by Gasteiger charge is -2.32. The van der Waals surface area contributed by atoms with Gasteiger partial charge in [0.25, 0.3) is 0 Å². The van der Waals surface area contributed by atoms with Crippen LogP contribution in [-0.4, -0.2) is 37.2 Å². The normalized spacial score (nSPS) is 16.5. The maximum absolute atomic E-state index is 11.2. The molecule has 1 saturated heterocycles. The quantitative estimate of drug-likeness (QED) is 0.919. The van der Waals surface area contributed by atoms with Crippen LogP contribution in [0.5, 0.6) is 0 Å². The third kappa shape index (κ3) is 4.27. The molecule has 7 heteroatoms. The molecule has 0 amide bonds. The predicted octanol–water partition coefficient (Wildman–Crippen LogP) is 1.65. The van der Waals surface area contributed by atoms with Gasteiger partial charge in [-0.2, -0.15) is 0 Å². The van der Waals surface area contributed by atoms with E-state index in [-0.39, 0.29) is 11.7 Å². The molecule has 1 aliphatic heterocycles. The van der Waals surface area contributed by atoms with E-state index in [0.29, 0.717) is 5.82 Å². The Morgan fingerprint density at radius 3 is 2.48 bits per heavy atom. The van der Waals surface area contributed by atoms with Crippen LogP contribution in [0.4, 0.5) is 5.82 Å². The Morgan fingerprint density at radius 2 is 1.83 bits per heavy atom. The molecule has 2 N–H and O–H groups in total. The van der Waals surface area contributed by atoms with Crippen molar-refractivity contribution in [2.75, 3.05) is 23.7 Å². The molecule has 0 unspecified atom stereocenters. The van der Waals surface area contributed by atoms with E-state index in [1.54, 1.807) is 6.20 Å². The van der Waals surface area contributed by atoms with Crippen molar-refractivity contribution >= 4 is 15.8 Å². The lowest BCUT2D eigenvalue weighted by atomic mass is 9.99. The Bertz CT molecular complexity index is 757. The standard InChI is InChI=1S/C16H20N4O2S/c17-23(21,22)12-13-7-10-20(11-8-13)15-6-9-18-16(19-15)14-4-2-1-3-5-14/h1-6,9,13H,7-8,10-12H2,(H2,17,21,22). The number of piperidine rings is 1. The number of benzene rings is 1. The number of rotatable bonds is 4. The molecule has 0 spiro atoms. The number of aromatic nitrogens is 2.